The summed E-state index contributed by atoms with van der Waals surface area (Å²) in [6, 6.07) is 148. The van der Waals surface area contributed by atoms with E-state index >= 15 is 0 Å². The molecule has 0 aliphatic rings. The van der Waals surface area contributed by atoms with Gasteiger partial charge in [-0.15, -0.1) is 0 Å². The minimum atomic E-state index is 0.912. The molecule has 0 spiro atoms. The average molecular weight is 1670 g/mol. The quantitative estimate of drug-likeness (QED) is 0.105. The summed E-state index contributed by atoms with van der Waals surface area (Å²) in [5, 5.41) is 23.4. The average Bonchev–Trinajstić information content (AvgIpc) is 1.44. The van der Waals surface area contributed by atoms with Crippen molar-refractivity contribution >= 4 is 164 Å². The number of benzene rings is 19. The van der Waals surface area contributed by atoms with Crippen LogP contribution in [0.25, 0.3) is 264 Å². The Balaban J connectivity index is 0.000000103. The van der Waals surface area contributed by atoms with Crippen molar-refractivity contribution in [3.63, 3.8) is 0 Å². The molecule has 0 atom stereocenters. The van der Waals surface area contributed by atoms with Gasteiger partial charge in [-0.2, -0.15) is 0 Å². The standard InChI is InChI=1S/C44H26N2O.2C39H24N2O/c1-3-13-35-33(11-1)40(28-20-18-27(19-21-28)31-15-7-16-37-32-10-5-6-17-39(32)47-44(31)37)34-12-2-4-14-36(34)41(35)38-25-24-30-23-22-29-9-8-26-45-42(29)43(30)46-38;1-3-16-31-29(14-1)37(30-15-2-4-17-32(30)38(31)34-24-41-22-8-7-21-36(41)40-34)26-12-9-11-25(23-26)27-18-10-19-33-28-13-5-6-20-35(28)42-39(27)33;1-3-13-31-29(11-1)37(30-12-2-4-14-32(30)38(31)34-24-41-23-8-7-18-36(41)40-34)26-21-19-25(20-22-26)27-15-9-16-33-28-10-5-6-17-35(28)42-39(27)33/h1-26H;2*1-24H. The number of imidazole rings is 2. The molecule has 28 rings (SSSR count). The Hall–Kier alpha value is -17.7. The molecule has 9 nitrogen and oxygen atoms in total. The van der Waals surface area contributed by atoms with Gasteiger partial charge in [0.15, 0.2) is 0 Å². The summed E-state index contributed by atoms with van der Waals surface area (Å²) in [6.45, 7) is 0. The lowest BCUT2D eigenvalue weighted by molar-refractivity contribution is 0.669. The molecule has 0 N–H and O–H groups in total. The van der Waals surface area contributed by atoms with Crippen molar-refractivity contribution in [2.24, 2.45) is 0 Å². The van der Waals surface area contributed by atoms with E-state index in [1.165, 1.54) is 104 Å². The van der Waals surface area contributed by atoms with Crippen molar-refractivity contribution < 1.29 is 13.3 Å². The second-order valence-electron chi connectivity index (χ2n) is 33.7. The molecule has 0 aliphatic carbocycles. The molecule has 0 aliphatic heterocycles. The Morgan fingerprint density at radius 2 is 0.496 bits per heavy atom. The van der Waals surface area contributed by atoms with E-state index in [2.05, 4.69) is 385 Å². The Morgan fingerprint density at radius 1 is 0.191 bits per heavy atom. The van der Waals surface area contributed by atoms with Crippen LogP contribution >= 0.6 is 0 Å². The fourth-order valence-corrected chi connectivity index (χ4v) is 20.5. The predicted octanol–water partition coefficient (Wildman–Crippen LogP) is 33.1. The smallest absolute Gasteiger partial charge is 0.143 e. The minimum absolute atomic E-state index is 0.912. The van der Waals surface area contributed by atoms with Gasteiger partial charge in [0.2, 0.25) is 0 Å². The van der Waals surface area contributed by atoms with Crippen LogP contribution in [0.5, 0.6) is 0 Å². The Kier molecular flexibility index (Phi) is 17.5. The fourth-order valence-electron chi connectivity index (χ4n) is 20.5. The van der Waals surface area contributed by atoms with Gasteiger partial charge in [0, 0.05) is 107 Å². The zero-order chi connectivity index (χ0) is 86.1. The molecule has 610 valence electrons. The number of aromatic nitrogens is 6. The van der Waals surface area contributed by atoms with E-state index in [4.69, 9.17) is 33.2 Å². The molecular formula is C122H74N6O3. The first-order chi connectivity index (χ1) is 65.0. The molecule has 0 unspecified atom stereocenters. The predicted molar refractivity (Wildman–Crippen MR) is 543 cm³/mol. The summed E-state index contributed by atoms with van der Waals surface area (Å²) in [7, 11) is 0. The molecule has 0 bridgehead atoms. The lowest BCUT2D eigenvalue weighted by Gasteiger charge is -2.18. The van der Waals surface area contributed by atoms with Crippen LogP contribution in [0.2, 0.25) is 0 Å². The molecular weight excluding hydrogens is 1600 g/mol. The van der Waals surface area contributed by atoms with E-state index in [1.807, 2.05) is 72.9 Å². The topological polar surface area (TPSA) is 99.8 Å². The number of nitrogens with zero attached hydrogens (tertiary/aromatic N) is 6. The van der Waals surface area contributed by atoms with Crippen molar-refractivity contribution in [1.29, 1.82) is 0 Å². The highest BCUT2D eigenvalue weighted by Gasteiger charge is 2.25. The lowest BCUT2D eigenvalue weighted by Crippen LogP contribution is -1.93. The van der Waals surface area contributed by atoms with Crippen molar-refractivity contribution in [1.82, 2.24) is 28.7 Å². The van der Waals surface area contributed by atoms with Crippen molar-refractivity contribution in [3.05, 3.63) is 450 Å². The second kappa shape index (κ2) is 30.6. The molecule has 0 saturated heterocycles. The lowest BCUT2D eigenvalue weighted by atomic mass is 9.86. The highest BCUT2D eigenvalue weighted by Crippen LogP contribution is 2.50. The van der Waals surface area contributed by atoms with Crippen LogP contribution in [0.15, 0.2) is 463 Å². The van der Waals surface area contributed by atoms with E-state index in [0.29, 0.717) is 0 Å². The first-order valence-electron chi connectivity index (χ1n) is 44.4. The number of furan rings is 3. The van der Waals surface area contributed by atoms with E-state index in [1.54, 1.807) is 0 Å². The van der Waals surface area contributed by atoms with Crippen molar-refractivity contribution in [2.45, 2.75) is 0 Å². The van der Waals surface area contributed by atoms with Gasteiger partial charge in [0.1, 0.15) is 44.8 Å². The van der Waals surface area contributed by atoms with Gasteiger partial charge in [-0.1, -0.05) is 358 Å². The number of pyridine rings is 4. The van der Waals surface area contributed by atoms with Crippen LogP contribution in [-0.2, 0) is 0 Å². The molecule has 19 aromatic carbocycles. The van der Waals surface area contributed by atoms with Gasteiger partial charge in [0.25, 0.3) is 0 Å². The maximum absolute atomic E-state index is 6.40. The Bertz CT molecular complexity index is 9290. The third kappa shape index (κ3) is 12.4. The highest BCUT2D eigenvalue weighted by molar-refractivity contribution is 6.25. The summed E-state index contributed by atoms with van der Waals surface area (Å²) in [4.78, 5) is 20.1. The first kappa shape index (κ1) is 74.7. The van der Waals surface area contributed by atoms with E-state index in [-0.39, 0.29) is 0 Å². The molecule has 9 aromatic heterocycles. The maximum atomic E-state index is 6.40. The van der Waals surface area contributed by atoms with Crippen LogP contribution in [0.3, 0.4) is 0 Å². The summed E-state index contributed by atoms with van der Waals surface area (Å²) >= 11 is 0. The Morgan fingerprint density at radius 3 is 0.893 bits per heavy atom. The van der Waals surface area contributed by atoms with Gasteiger partial charge in [-0.25, -0.2) is 15.0 Å². The fraction of sp³-hybridized carbons (Fsp3) is 0. The van der Waals surface area contributed by atoms with E-state index in [0.717, 1.165) is 161 Å². The molecule has 9 heteroatoms. The van der Waals surface area contributed by atoms with Crippen LogP contribution in [0.4, 0.5) is 0 Å². The highest BCUT2D eigenvalue weighted by atomic mass is 16.3. The van der Waals surface area contributed by atoms with Gasteiger partial charge >= 0.3 is 0 Å². The van der Waals surface area contributed by atoms with Crippen molar-refractivity contribution in [3.8, 4) is 101 Å². The van der Waals surface area contributed by atoms with Crippen LogP contribution in [-0.4, -0.2) is 28.7 Å². The minimum Gasteiger partial charge on any atom is -0.455 e. The zero-order valence-corrected chi connectivity index (χ0v) is 70.6. The van der Waals surface area contributed by atoms with Crippen LogP contribution < -0.4 is 0 Å². The van der Waals surface area contributed by atoms with Crippen molar-refractivity contribution in [2.75, 3.05) is 0 Å². The summed E-state index contributed by atoms with van der Waals surface area (Å²) in [6.07, 6.45) is 10.2. The Labute approximate surface area is 750 Å². The first-order valence-corrected chi connectivity index (χ1v) is 44.4. The normalized spacial score (nSPS) is 11.8. The summed E-state index contributed by atoms with van der Waals surface area (Å²) < 4.78 is 23.3. The largest absolute Gasteiger partial charge is 0.455 e. The number of rotatable bonds is 9. The summed E-state index contributed by atoms with van der Waals surface area (Å²) in [5.41, 5.74) is 29.6. The number of hydrogen-bond donors (Lipinski definition) is 0. The van der Waals surface area contributed by atoms with Gasteiger partial charge < -0.3 is 22.1 Å². The number of para-hydroxylation sites is 6. The molecule has 0 amide bonds. The molecule has 0 saturated carbocycles. The number of fused-ring (bicyclic) bond motifs is 20. The van der Waals surface area contributed by atoms with Gasteiger partial charge in [-0.05, 0) is 175 Å². The molecule has 0 radical (unpaired) electrons. The van der Waals surface area contributed by atoms with Gasteiger partial charge in [-0.3, -0.25) is 4.98 Å². The monoisotopic (exact) mass is 1670 g/mol. The van der Waals surface area contributed by atoms with Crippen LogP contribution in [0.1, 0.15) is 0 Å². The second-order valence-corrected chi connectivity index (χ2v) is 33.7. The molecule has 131 heavy (non-hydrogen) atoms. The molecule has 28 aromatic rings. The van der Waals surface area contributed by atoms with Gasteiger partial charge in [0.05, 0.1) is 28.1 Å². The maximum Gasteiger partial charge on any atom is 0.143 e. The van der Waals surface area contributed by atoms with E-state index in [9.17, 15) is 0 Å². The molecule has 0 fully saturated rings. The third-order valence-electron chi connectivity index (χ3n) is 26.4. The third-order valence-corrected chi connectivity index (χ3v) is 26.4. The zero-order valence-electron chi connectivity index (χ0n) is 70.6. The SMILES string of the molecule is c1cc(-c2c3ccccc3c(-c3cn4ccccc4n3)c3ccccc23)cc(-c2cccc3c2oc2ccccc23)c1.c1ccc2c(c1)oc1c(-c3ccc(-c4c5ccccc5c(-c5cn6ccccc6n5)c5ccccc45)cc3)cccc12.c1cnc2c(c1)ccc1ccc(-c3c4ccccc4c(-c4ccc(-c5cccc6c5oc5ccccc56)cc4)c4ccccc34)nc12. The molecule has 9 heterocycles. The number of hydrogen-bond acceptors (Lipinski definition) is 7. The van der Waals surface area contributed by atoms with Crippen LogP contribution in [0, 0.1) is 0 Å². The van der Waals surface area contributed by atoms with E-state index < -0.39 is 0 Å². The summed E-state index contributed by atoms with van der Waals surface area (Å²) in [5.74, 6) is 0.